The third kappa shape index (κ3) is 3.45. The molecule has 2 unspecified atom stereocenters. The molecule has 0 bridgehead atoms. The van der Waals surface area contributed by atoms with Crippen LogP contribution in [0.4, 0.5) is 13.2 Å². The van der Waals surface area contributed by atoms with E-state index in [9.17, 15) is 13.2 Å². The van der Waals surface area contributed by atoms with Crippen molar-refractivity contribution >= 4 is 0 Å². The number of hydrogen-bond donors (Lipinski definition) is 1. The first-order valence-electron chi connectivity index (χ1n) is 6.86. The summed E-state index contributed by atoms with van der Waals surface area (Å²) >= 11 is 0. The van der Waals surface area contributed by atoms with Crippen molar-refractivity contribution < 1.29 is 13.2 Å². The summed E-state index contributed by atoms with van der Waals surface area (Å²) in [5.74, 6) is -1.99. The second-order valence-electron chi connectivity index (χ2n) is 5.26. The zero-order chi connectivity index (χ0) is 15.6. The molecule has 0 fully saturated rings. The van der Waals surface area contributed by atoms with Crippen molar-refractivity contribution in [2.45, 2.75) is 32.9 Å². The number of nitrogens with one attached hydrogen (secondary N) is 1. The molecule has 0 saturated carbocycles. The molecule has 0 aliphatic carbocycles. The van der Waals surface area contributed by atoms with Crippen molar-refractivity contribution in [1.29, 1.82) is 0 Å². The van der Waals surface area contributed by atoms with Crippen LogP contribution in [0.25, 0.3) is 0 Å². The highest BCUT2D eigenvalue weighted by atomic mass is 19.2. The fourth-order valence-electron chi connectivity index (χ4n) is 2.29. The quantitative estimate of drug-likeness (QED) is 0.852. The molecule has 2 rings (SSSR count). The third-order valence-electron chi connectivity index (χ3n) is 3.64. The van der Waals surface area contributed by atoms with Gasteiger partial charge in [0.2, 0.25) is 0 Å². The Labute approximate surface area is 122 Å². The maximum Gasteiger partial charge on any atom is 0.163 e. The zero-order valence-corrected chi connectivity index (χ0v) is 12.3. The van der Waals surface area contributed by atoms with Crippen LogP contribution in [0, 0.1) is 24.4 Å². The number of halogens is 3. The Hall–Kier alpha value is -1.81. The van der Waals surface area contributed by atoms with Crippen LogP contribution in [0.1, 0.15) is 42.6 Å². The van der Waals surface area contributed by atoms with Gasteiger partial charge in [-0.1, -0.05) is 24.3 Å². The van der Waals surface area contributed by atoms with Gasteiger partial charge in [-0.05, 0) is 44.0 Å². The lowest BCUT2D eigenvalue weighted by Gasteiger charge is -2.21. The molecule has 112 valence electrons. The van der Waals surface area contributed by atoms with Gasteiger partial charge >= 0.3 is 0 Å². The average molecular weight is 293 g/mol. The molecule has 0 heterocycles. The Morgan fingerprint density at radius 3 is 2.29 bits per heavy atom. The van der Waals surface area contributed by atoms with Crippen LogP contribution in [0.15, 0.2) is 36.4 Å². The molecule has 2 aromatic carbocycles. The summed E-state index contributed by atoms with van der Waals surface area (Å²) in [6.07, 6.45) is 0. The second kappa shape index (κ2) is 6.31. The second-order valence-corrected chi connectivity index (χ2v) is 5.26. The normalized spacial score (nSPS) is 14.0. The molecule has 1 nitrogen and oxygen atoms in total. The Balaban J connectivity index is 2.16. The van der Waals surface area contributed by atoms with Crippen LogP contribution in [0.3, 0.4) is 0 Å². The van der Waals surface area contributed by atoms with E-state index in [4.69, 9.17) is 0 Å². The van der Waals surface area contributed by atoms with Crippen LogP contribution in [0.2, 0.25) is 0 Å². The maximum absolute atomic E-state index is 13.7. The van der Waals surface area contributed by atoms with Crippen molar-refractivity contribution in [2.24, 2.45) is 0 Å². The molecule has 0 aliphatic heterocycles. The summed E-state index contributed by atoms with van der Waals surface area (Å²) in [6, 6.07) is 8.52. The summed E-state index contributed by atoms with van der Waals surface area (Å²) in [6.45, 7) is 5.30. The van der Waals surface area contributed by atoms with E-state index < -0.39 is 11.6 Å². The molecule has 0 spiro atoms. The molecule has 21 heavy (non-hydrogen) atoms. The summed E-state index contributed by atoms with van der Waals surface area (Å²) in [7, 11) is 0. The molecule has 2 aromatic rings. The number of aryl methyl sites for hydroxylation is 1. The van der Waals surface area contributed by atoms with Crippen LogP contribution in [0.5, 0.6) is 0 Å². The Kier molecular flexibility index (Phi) is 4.68. The van der Waals surface area contributed by atoms with Crippen molar-refractivity contribution in [3.63, 3.8) is 0 Å². The van der Waals surface area contributed by atoms with Gasteiger partial charge in [0.15, 0.2) is 11.6 Å². The molecule has 0 radical (unpaired) electrons. The number of rotatable bonds is 4. The predicted octanol–water partition coefficient (Wildman–Crippen LogP) is 4.82. The van der Waals surface area contributed by atoms with Crippen molar-refractivity contribution in [1.82, 2.24) is 5.32 Å². The van der Waals surface area contributed by atoms with Gasteiger partial charge in [0.1, 0.15) is 5.82 Å². The van der Waals surface area contributed by atoms with E-state index in [0.717, 1.165) is 11.6 Å². The van der Waals surface area contributed by atoms with E-state index in [-0.39, 0.29) is 23.5 Å². The van der Waals surface area contributed by atoms with E-state index in [1.54, 1.807) is 26.0 Å². The van der Waals surface area contributed by atoms with Gasteiger partial charge in [0.05, 0.1) is 0 Å². The smallest absolute Gasteiger partial charge is 0.163 e. The first-order chi connectivity index (χ1) is 9.90. The van der Waals surface area contributed by atoms with E-state index in [1.807, 2.05) is 13.0 Å². The zero-order valence-electron chi connectivity index (χ0n) is 12.3. The summed E-state index contributed by atoms with van der Waals surface area (Å²) in [5, 5.41) is 3.15. The molecular weight excluding hydrogens is 275 g/mol. The Bertz CT molecular complexity index is 640. The standard InChI is InChI=1S/C17H18F3N/c1-10-7-8-13(9-16(10)19)11(2)21-12(3)14-5-4-6-15(18)17(14)20/h4-9,11-12,21H,1-3H3. The molecular formula is C17H18F3N. The highest BCUT2D eigenvalue weighted by Crippen LogP contribution is 2.23. The van der Waals surface area contributed by atoms with Crippen LogP contribution < -0.4 is 5.32 Å². The molecule has 0 saturated heterocycles. The lowest BCUT2D eigenvalue weighted by Crippen LogP contribution is -2.23. The average Bonchev–Trinajstić information content (AvgIpc) is 2.44. The minimum Gasteiger partial charge on any atom is -0.304 e. The van der Waals surface area contributed by atoms with E-state index >= 15 is 0 Å². The van der Waals surface area contributed by atoms with Gasteiger partial charge < -0.3 is 5.32 Å². The van der Waals surface area contributed by atoms with E-state index in [2.05, 4.69) is 5.32 Å². The fourth-order valence-corrected chi connectivity index (χ4v) is 2.29. The van der Waals surface area contributed by atoms with Gasteiger partial charge in [0.25, 0.3) is 0 Å². The van der Waals surface area contributed by atoms with Crippen molar-refractivity contribution in [2.75, 3.05) is 0 Å². The first-order valence-corrected chi connectivity index (χ1v) is 6.86. The van der Waals surface area contributed by atoms with Crippen molar-refractivity contribution in [3.05, 3.63) is 70.5 Å². The molecule has 1 N–H and O–H groups in total. The fraction of sp³-hybridized carbons (Fsp3) is 0.294. The highest BCUT2D eigenvalue weighted by Gasteiger charge is 2.17. The van der Waals surface area contributed by atoms with Crippen LogP contribution >= 0.6 is 0 Å². The summed E-state index contributed by atoms with van der Waals surface area (Å²) < 4.78 is 40.6. The van der Waals surface area contributed by atoms with Gasteiger partial charge in [-0.2, -0.15) is 0 Å². The lowest BCUT2D eigenvalue weighted by molar-refractivity contribution is 0.448. The number of benzene rings is 2. The van der Waals surface area contributed by atoms with Crippen LogP contribution in [-0.4, -0.2) is 0 Å². The summed E-state index contributed by atoms with van der Waals surface area (Å²) in [4.78, 5) is 0. The minimum absolute atomic E-state index is 0.183. The molecule has 2 atom stereocenters. The molecule has 0 aromatic heterocycles. The van der Waals surface area contributed by atoms with Gasteiger partial charge in [-0.25, -0.2) is 13.2 Å². The predicted molar refractivity (Wildman–Crippen MR) is 77.5 cm³/mol. The topological polar surface area (TPSA) is 12.0 Å². The summed E-state index contributed by atoms with van der Waals surface area (Å²) in [5.41, 5.74) is 1.60. The van der Waals surface area contributed by atoms with Gasteiger partial charge in [0, 0.05) is 17.6 Å². The van der Waals surface area contributed by atoms with Gasteiger partial charge in [-0.3, -0.25) is 0 Å². The first kappa shape index (κ1) is 15.6. The van der Waals surface area contributed by atoms with Gasteiger partial charge in [-0.15, -0.1) is 0 Å². The Morgan fingerprint density at radius 1 is 0.905 bits per heavy atom. The molecule has 0 amide bonds. The third-order valence-corrected chi connectivity index (χ3v) is 3.64. The SMILES string of the molecule is Cc1ccc(C(C)NC(C)c2cccc(F)c2F)cc1F. The van der Waals surface area contributed by atoms with E-state index in [0.29, 0.717) is 5.56 Å². The van der Waals surface area contributed by atoms with Crippen molar-refractivity contribution in [3.8, 4) is 0 Å². The minimum atomic E-state index is -0.866. The Morgan fingerprint density at radius 2 is 1.62 bits per heavy atom. The molecule has 4 heteroatoms. The molecule has 0 aliphatic rings. The monoisotopic (exact) mass is 293 g/mol. The van der Waals surface area contributed by atoms with Crippen LogP contribution in [-0.2, 0) is 0 Å². The maximum atomic E-state index is 13.7. The largest absolute Gasteiger partial charge is 0.304 e. The highest BCUT2D eigenvalue weighted by molar-refractivity contribution is 5.27. The lowest BCUT2D eigenvalue weighted by atomic mass is 10.0. The number of hydrogen-bond acceptors (Lipinski definition) is 1. The van der Waals surface area contributed by atoms with E-state index in [1.165, 1.54) is 12.1 Å².